The summed E-state index contributed by atoms with van der Waals surface area (Å²) in [5.74, 6) is 1.55. The number of nitrogens with zero attached hydrogens (tertiary/aromatic N) is 4. The highest BCUT2D eigenvalue weighted by Crippen LogP contribution is 2.30. The van der Waals surface area contributed by atoms with Crippen LogP contribution in [-0.2, 0) is 16.4 Å². The maximum atomic E-state index is 13.3. The number of ether oxygens (including phenoxy) is 1. The summed E-state index contributed by atoms with van der Waals surface area (Å²) in [7, 11) is -1.80. The standard InChI is InChI=1S/C28H30N4O4S/c1-20-7-9-22(10-8-20)37(34,35)18-17-31-16-13-29-27(31)21-11-14-32(15-12-21)28(33)25-19-26(36-2)23-5-3-4-6-24(23)30-25/h3-10,13,16,19,21H,11-12,14-15,17-18H2,1-2H3. The molecule has 0 radical (unpaired) electrons. The molecule has 0 unspecified atom stereocenters. The Labute approximate surface area is 216 Å². The van der Waals surface area contributed by atoms with Gasteiger partial charge in [0.05, 0.1) is 23.3 Å². The number of likely N-dealkylation sites (tertiary alicyclic amines) is 1. The van der Waals surface area contributed by atoms with Crippen molar-refractivity contribution >= 4 is 26.6 Å². The fourth-order valence-electron chi connectivity index (χ4n) is 4.88. The number of para-hydroxylation sites is 1. The lowest BCUT2D eigenvalue weighted by Gasteiger charge is -2.32. The maximum Gasteiger partial charge on any atom is 0.272 e. The van der Waals surface area contributed by atoms with Gasteiger partial charge in [0.15, 0.2) is 9.84 Å². The average molecular weight is 519 g/mol. The third kappa shape index (κ3) is 5.22. The van der Waals surface area contributed by atoms with Crippen LogP contribution in [-0.4, -0.2) is 59.7 Å². The first-order chi connectivity index (χ1) is 17.9. The third-order valence-corrected chi connectivity index (χ3v) is 8.70. The second-order valence-corrected chi connectivity index (χ2v) is 11.5. The van der Waals surface area contributed by atoms with E-state index in [0.717, 1.165) is 35.1 Å². The quantitative estimate of drug-likeness (QED) is 0.363. The maximum absolute atomic E-state index is 13.3. The van der Waals surface area contributed by atoms with Crippen molar-refractivity contribution in [2.45, 2.75) is 37.1 Å². The molecule has 2 aromatic carbocycles. The smallest absolute Gasteiger partial charge is 0.272 e. The zero-order valence-electron chi connectivity index (χ0n) is 21.0. The van der Waals surface area contributed by atoms with E-state index >= 15 is 0 Å². The fourth-order valence-corrected chi connectivity index (χ4v) is 6.10. The molecule has 1 fully saturated rings. The second kappa shape index (κ2) is 10.3. The number of amides is 1. The molecule has 2 aromatic heterocycles. The van der Waals surface area contributed by atoms with Crippen molar-refractivity contribution in [2.75, 3.05) is 26.0 Å². The van der Waals surface area contributed by atoms with Crippen molar-refractivity contribution in [1.82, 2.24) is 19.4 Å². The van der Waals surface area contributed by atoms with Crippen molar-refractivity contribution in [3.8, 4) is 5.75 Å². The lowest BCUT2D eigenvalue weighted by atomic mass is 9.95. The second-order valence-electron chi connectivity index (χ2n) is 9.40. The van der Waals surface area contributed by atoms with E-state index < -0.39 is 9.84 Å². The summed E-state index contributed by atoms with van der Waals surface area (Å²) in [5, 5.41) is 0.872. The molecule has 0 bridgehead atoms. The van der Waals surface area contributed by atoms with Gasteiger partial charge < -0.3 is 14.2 Å². The minimum absolute atomic E-state index is 0.00617. The number of rotatable bonds is 7. The summed E-state index contributed by atoms with van der Waals surface area (Å²) in [6, 6.07) is 16.3. The van der Waals surface area contributed by atoms with Gasteiger partial charge in [0.1, 0.15) is 17.3 Å². The van der Waals surface area contributed by atoms with Crippen LogP contribution in [0.1, 0.15) is 40.6 Å². The third-order valence-electron chi connectivity index (χ3n) is 6.99. The summed E-state index contributed by atoms with van der Waals surface area (Å²) < 4.78 is 33.1. The van der Waals surface area contributed by atoms with Gasteiger partial charge in [-0.05, 0) is 44.0 Å². The lowest BCUT2D eigenvalue weighted by Crippen LogP contribution is -2.38. The molecule has 1 saturated heterocycles. The molecule has 0 atom stereocenters. The minimum atomic E-state index is -3.39. The number of carbonyl (C=O) groups excluding carboxylic acids is 1. The Morgan fingerprint density at radius 3 is 2.54 bits per heavy atom. The van der Waals surface area contributed by atoms with Crippen molar-refractivity contribution < 1.29 is 17.9 Å². The number of aromatic nitrogens is 3. The van der Waals surface area contributed by atoms with Crippen LogP contribution in [0.2, 0.25) is 0 Å². The van der Waals surface area contributed by atoms with Gasteiger partial charge in [0, 0.05) is 49.4 Å². The van der Waals surface area contributed by atoms with Crippen molar-refractivity contribution in [2.24, 2.45) is 0 Å². The zero-order chi connectivity index (χ0) is 26.0. The lowest BCUT2D eigenvalue weighted by molar-refractivity contribution is 0.0704. The topological polar surface area (TPSA) is 94.4 Å². The molecule has 0 N–H and O–H groups in total. The normalized spacial score (nSPS) is 14.7. The molecule has 8 nitrogen and oxygen atoms in total. The van der Waals surface area contributed by atoms with E-state index in [1.54, 1.807) is 31.5 Å². The Morgan fingerprint density at radius 1 is 1.08 bits per heavy atom. The van der Waals surface area contributed by atoms with Crippen molar-refractivity contribution in [3.05, 3.63) is 84.1 Å². The van der Waals surface area contributed by atoms with E-state index in [9.17, 15) is 13.2 Å². The summed E-state index contributed by atoms with van der Waals surface area (Å²) in [6.07, 6.45) is 5.05. The van der Waals surface area contributed by atoms with Crippen LogP contribution < -0.4 is 4.74 Å². The first kappa shape index (κ1) is 25.0. The molecule has 1 amide bonds. The van der Waals surface area contributed by atoms with E-state index in [2.05, 4.69) is 9.97 Å². The van der Waals surface area contributed by atoms with Gasteiger partial charge in [-0.2, -0.15) is 0 Å². The Kier molecular flexibility index (Phi) is 6.97. The molecular formula is C28H30N4O4S. The van der Waals surface area contributed by atoms with Crippen LogP contribution in [0, 0.1) is 6.92 Å². The number of pyridine rings is 1. The number of carbonyl (C=O) groups is 1. The van der Waals surface area contributed by atoms with Gasteiger partial charge in [-0.25, -0.2) is 18.4 Å². The number of hydrogen-bond acceptors (Lipinski definition) is 6. The monoisotopic (exact) mass is 518 g/mol. The number of benzene rings is 2. The molecule has 0 spiro atoms. The van der Waals surface area contributed by atoms with Crippen LogP contribution in [0.25, 0.3) is 10.9 Å². The molecule has 0 aliphatic carbocycles. The van der Waals surface area contributed by atoms with E-state index in [-0.39, 0.29) is 17.6 Å². The Bertz CT molecular complexity index is 1520. The number of imidazole rings is 1. The predicted molar refractivity (Wildman–Crippen MR) is 142 cm³/mol. The summed E-state index contributed by atoms with van der Waals surface area (Å²) >= 11 is 0. The summed E-state index contributed by atoms with van der Waals surface area (Å²) in [6.45, 7) is 3.43. The van der Waals surface area contributed by atoms with Gasteiger partial charge in [-0.1, -0.05) is 29.8 Å². The van der Waals surface area contributed by atoms with Gasteiger partial charge in [0.25, 0.3) is 5.91 Å². The molecule has 3 heterocycles. The first-order valence-electron chi connectivity index (χ1n) is 12.4. The number of fused-ring (bicyclic) bond motifs is 1. The fraction of sp³-hybridized carbons (Fsp3) is 0.321. The molecule has 9 heteroatoms. The molecule has 5 rings (SSSR count). The Balaban J connectivity index is 1.24. The molecule has 192 valence electrons. The Hall–Kier alpha value is -3.72. The van der Waals surface area contributed by atoms with Gasteiger partial charge in [-0.15, -0.1) is 0 Å². The number of methoxy groups -OCH3 is 1. The SMILES string of the molecule is COc1cc(C(=O)N2CCC(c3nccn3CCS(=O)(=O)c3ccc(C)cc3)CC2)nc2ccccc12. The van der Waals surface area contributed by atoms with Crippen LogP contribution in [0.4, 0.5) is 0 Å². The highest BCUT2D eigenvalue weighted by molar-refractivity contribution is 7.91. The van der Waals surface area contributed by atoms with Crippen LogP contribution >= 0.6 is 0 Å². The van der Waals surface area contributed by atoms with Gasteiger partial charge >= 0.3 is 0 Å². The van der Waals surface area contributed by atoms with E-state index in [0.29, 0.717) is 36.0 Å². The zero-order valence-corrected chi connectivity index (χ0v) is 21.8. The van der Waals surface area contributed by atoms with E-state index in [1.165, 1.54) is 0 Å². The molecule has 0 saturated carbocycles. The summed E-state index contributed by atoms with van der Waals surface area (Å²) in [4.78, 5) is 24.5. The number of hydrogen-bond donors (Lipinski definition) is 0. The van der Waals surface area contributed by atoms with Gasteiger partial charge in [-0.3, -0.25) is 4.79 Å². The van der Waals surface area contributed by atoms with E-state index in [4.69, 9.17) is 4.74 Å². The summed E-state index contributed by atoms with van der Waals surface area (Å²) in [5.41, 5.74) is 2.12. The number of aryl methyl sites for hydroxylation is 2. The number of sulfone groups is 1. The van der Waals surface area contributed by atoms with Crippen LogP contribution in [0.5, 0.6) is 5.75 Å². The molecule has 37 heavy (non-hydrogen) atoms. The van der Waals surface area contributed by atoms with Crippen LogP contribution in [0.15, 0.2) is 71.9 Å². The largest absolute Gasteiger partial charge is 0.496 e. The number of piperidine rings is 1. The van der Waals surface area contributed by atoms with Crippen molar-refractivity contribution in [3.63, 3.8) is 0 Å². The molecule has 1 aliphatic heterocycles. The molecule has 1 aliphatic rings. The van der Waals surface area contributed by atoms with Gasteiger partial charge in [0.2, 0.25) is 0 Å². The van der Waals surface area contributed by atoms with E-state index in [1.807, 2.05) is 59.0 Å². The highest BCUT2D eigenvalue weighted by Gasteiger charge is 2.28. The molecular weight excluding hydrogens is 488 g/mol. The Morgan fingerprint density at radius 2 is 1.81 bits per heavy atom. The highest BCUT2D eigenvalue weighted by atomic mass is 32.2. The molecule has 4 aromatic rings. The minimum Gasteiger partial charge on any atom is -0.496 e. The predicted octanol–water partition coefficient (Wildman–Crippen LogP) is 4.24. The first-order valence-corrected chi connectivity index (χ1v) is 14.0. The average Bonchev–Trinajstić information content (AvgIpc) is 3.40. The van der Waals surface area contributed by atoms with Crippen LogP contribution in [0.3, 0.4) is 0 Å². The van der Waals surface area contributed by atoms with Crippen molar-refractivity contribution in [1.29, 1.82) is 0 Å².